The second-order valence-electron chi connectivity index (χ2n) is 4.65. The number of β-amino-alcohol motifs (C(OH)–C–C–N with tert-alkyl or cyclic N) is 1. The minimum Gasteiger partial charge on any atom is -0.386 e. The van der Waals surface area contributed by atoms with Crippen LogP contribution in [-0.4, -0.2) is 34.7 Å². The average Bonchev–Trinajstić information content (AvgIpc) is 2.13. The lowest BCUT2D eigenvalue weighted by molar-refractivity contribution is -0.0581. The van der Waals surface area contributed by atoms with Crippen LogP contribution < -0.4 is 5.32 Å². The van der Waals surface area contributed by atoms with Crippen molar-refractivity contribution in [3.63, 3.8) is 0 Å². The van der Waals surface area contributed by atoms with Crippen LogP contribution in [0.5, 0.6) is 0 Å². The molecule has 1 aromatic rings. The number of nitrogens with zero attached hydrogens (tertiary/aromatic N) is 1. The van der Waals surface area contributed by atoms with Gasteiger partial charge in [-0.15, -0.1) is 0 Å². The second-order valence-corrected chi connectivity index (χ2v) is 4.65. The maximum Gasteiger partial charge on any atom is 0.322 e. The van der Waals surface area contributed by atoms with Gasteiger partial charge in [-0.1, -0.05) is 12.1 Å². The highest BCUT2D eigenvalue weighted by atomic mass is 16.3. The Bertz CT molecular complexity index is 407. The number of hydrogen-bond donors (Lipinski definition) is 2. The number of anilines is 1. The molecule has 1 heterocycles. The first-order chi connectivity index (χ1) is 7.46. The normalized spacial score (nSPS) is 17.8. The third-order valence-electron chi connectivity index (χ3n) is 2.62. The molecule has 2 amide bonds. The fourth-order valence-corrected chi connectivity index (χ4v) is 1.84. The molecule has 0 spiro atoms. The van der Waals surface area contributed by atoms with Crippen LogP contribution in [0.2, 0.25) is 0 Å². The molecule has 1 aliphatic heterocycles. The van der Waals surface area contributed by atoms with Gasteiger partial charge in [0.1, 0.15) is 0 Å². The lowest BCUT2D eigenvalue weighted by Gasteiger charge is -2.43. The molecule has 1 saturated heterocycles. The predicted octanol–water partition coefficient (Wildman–Crippen LogP) is 1.59. The van der Waals surface area contributed by atoms with E-state index < -0.39 is 5.60 Å². The third-order valence-corrected chi connectivity index (χ3v) is 2.62. The Morgan fingerprint density at radius 3 is 2.75 bits per heavy atom. The van der Waals surface area contributed by atoms with E-state index in [1.54, 1.807) is 11.8 Å². The number of hydrogen-bond acceptors (Lipinski definition) is 2. The summed E-state index contributed by atoms with van der Waals surface area (Å²) in [6, 6.07) is 7.48. The van der Waals surface area contributed by atoms with Gasteiger partial charge in [0.2, 0.25) is 0 Å². The third kappa shape index (κ3) is 2.33. The minimum absolute atomic E-state index is 0.155. The summed E-state index contributed by atoms with van der Waals surface area (Å²) < 4.78 is 0. The van der Waals surface area contributed by atoms with Gasteiger partial charge in [-0.2, -0.15) is 0 Å². The summed E-state index contributed by atoms with van der Waals surface area (Å²) in [6.45, 7) is 4.49. The Hall–Kier alpha value is -1.55. The molecule has 0 saturated carbocycles. The summed E-state index contributed by atoms with van der Waals surface area (Å²) in [7, 11) is 0. The number of nitrogens with one attached hydrogen (secondary N) is 1. The minimum atomic E-state index is -0.718. The van der Waals surface area contributed by atoms with Crippen LogP contribution in [0.1, 0.15) is 12.5 Å². The molecule has 2 rings (SSSR count). The van der Waals surface area contributed by atoms with Crippen LogP contribution in [0.4, 0.5) is 10.5 Å². The van der Waals surface area contributed by atoms with Crippen molar-refractivity contribution >= 4 is 11.7 Å². The molecule has 1 aromatic carbocycles. The van der Waals surface area contributed by atoms with Crippen LogP contribution in [0.25, 0.3) is 0 Å². The van der Waals surface area contributed by atoms with E-state index in [1.807, 2.05) is 31.2 Å². The first kappa shape index (κ1) is 11.0. The Balaban J connectivity index is 1.94. The molecular formula is C12H16N2O2. The fourth-order valence-electron chi connectivity index (χ4n) is 1.84. The second kappa shape index (κ2) is 3.79. The van der Waals surface area contributed by atoms with Gasteiger partial charge in [0.15, 0.2) is 0 Å². The fraction of sp³-hybridized carbons (Fsp3) is 0.417. The summed E-state index contributed by atoms with van der Waals surface area (Å²) in [5.41, 5.74) is 1.18. The molecule has 0 atom stereocenters. The monoisotopic (exact) mass is 220 g/mol. The number of amides is 2. The van der Waals surface area contributed by atoms with E-state index in [4.69, 9.17) is 0 Å². The van der Waals surface area contributed by atoms with Gasteiger partial charge in [-0.05, 0) is 31.5 Å². The van der Waals surface area contributed by atoms with Crippen LogP contribution in [0.3, 0.4) is 0 Å². The van der Waals surface area contributed by atoms with Crippen molar-refractivity contribution in [2.24, 2.45) is 0 Å². The number of aryl methyl sites for hydroxylation is 1. The highest BCUT2D eigenvalue weighted by Crippen LogP contribution is 2.21. The number of benzene rings is 1. The topological polar surface area (TPSA) is 52.6 Å². The summed E-state index contributed by atoms with van der Waals surface area (Å²) >= 11 is 0. The largest absolute Gasteiger partial charge is 0.386 e. The summed E-state index contributed by atoms with van der Waals surface area (Å²) in [5.74, 6) is 0. The van der Waals surface area contributed by atoms with Crippen LogP contribution >= 0.6 is 0 Å². The molecule has 0 unspecified atom stereocenters. The predicted molar refractivity (Wildman–Crippen MR) is 62.4 cm³/mol. The molecule has 4 nitrogen and oxygen atoms in total. The van der Waals surface area contributed by atoms with E-state index in [0.717, 1.165) is 11.3 Å². The van der Waals surface area contributed by atoms with Gasteiger partial charge in [0, 0.05) is 5.69 Å². The quantitative estimate of drug-likeness (QED) is 0.755. The van der Waals surface area contributed by atoms with Crippen LogP contribution in [-0.2, 0) is 0 Å². The first-order valence-electron chi connectivity index (χ1n) is 5.31. The molecule has 16 heavy (non-hydrogen) atoms. The smallest absolute Gasteiger partial charge is 0.322 e. The Morgan fingerprint density at radius 2 is 2.19 bits per heavy atom. The van der Waals surface area contributed by atoms with Gasteiger partial charge < -0.3 is 15.3 Å². The Morgan fingerprint density at radius 1 is 1.50 bits per heavy atom. The number of carbonyl (C=O) groups is 1. The maximum absolute atomic E-state index is 11.7. The van der Waals surface area contributed by atoms with E-state index in [0.29, 0.717) is 13.1 Å². The van der Waals surface area contributed by atoms with Gasteiger partial charge in [0.05, 0.1) is 18.7 Å². The highest BCUT2D eigenvalue weighted by Gasteiger charge is 2.39. The molecule has 1 aliphatic rings. The molecule has 2 N–H and O–H groups in total. The van der Waals surface area contributed by atoms with E-state index in [2.05, 4.69) is 5.32 Å². The van der Waals surface area contributed by atoms with Crippen molar-refractivity contribution < 1.29 is 9.90 Å². The van der Waals surface area contributed by atoms with E-state index >= 15 is 0 Å². The molecule has 0 bridgehead atoms. The van der Waals surface area contributed by atoms with Gasteiger partial charge in [0.25, 0.3) is 0 Å². The van der Waals surface area contributed by atoms with Crippen molar-refractivity contribution in [3.8, 4) is 0 Å². The number of likely N-dealkylation sites (tertiary alicyclic amines) is 1. The zero-order valence-electron chi connectivity index (χ0n) is 9.53. The van der Waals surface area contributed by atoms with Crippen LogP contribution in [0.15, 0.2) is 24.3 Å². The first-order valence-corrected chi connectivity index (χ1v) is 5.31. The van der Waals surface area contributed by atoms with Crippen molar-refractivity contribution in [2.45, 2.75) is 19.4 Å². The standard InChI is InChI=1S/C12H16N2O2/c1-9-4-3-5-10(6-9)13-11(15)14-7-12(2,16)8-14/h3-6,16H,7-8H2,1-2H3,(H,13,15). The summed E-state index contributed by atoms with van der Waals surface area (Å²) in [6.07, 6.45) is 0. The molecule has 1 fully saturated rings. The lowest BCUT2D eigenvalue weighted by atomic mass is 9.98. The Labute approximate surface area is 94.9 Å². The average molecular weight is 220 g/mol. The summed E-state index contributed by atoms with van der Waals surface area (Å²) in [5, 5.41) is 12.3. The van der Waals surface area contributed by atoms with Gasteiger partial charge in [-0.3, -0.25) is 0 Å². The van der Waals surface area contributed by atoms with Gasteiger partial charge in [-0.25, -0.2) is 4.79 Å². The molecular weight excluding hydrogens is 204 g/mol. The SMILES string of the molecule is Cc1cccc(NC(=O)N2CC(C)(O)C2)c1. The van der Waals surface area contributed by atoms with E-state index in [-0.39, 0.29) is 6.03 Å². The van der Waals surface area contributed by atoms with E-state index in [9.17, 15) is 9.90 Å². The zero-order valence-corrected chi connectivity index (χ0v) is 9.53. The molecule has 4 heteroatoms. The van der Waals surface area contributed by atoms with Crippen LogP contribution in [0, 0.1) is 6.92 Å². The molecule has 86 valence electrons. The van der Waals surface area contributed by atoms with E-state index in [1.165, 1.54) is 0 Å². The maximum atomic E-state index is 11.7. The highest BCUT2D eigenvalue weighted by molar-refractivity contribution is 5.90. The zero-order chi connectivity index (χ0) is 11.8. The van der Waals surface area contributed by atoms with Crippen molar-refractivity contribution in [3.05, 3.63) is 29.8 Å². The van der Waals surface area contributed by atoms with Gasteiger partial charge >= 0.3 is 6.03 Å². The lowest BCUT2D eigenvalue weighted by Crippen LogP contribution is -2.62. The number of rotatable bonds is 1. The number of carbonyl (C=O) groups excluding carboxylic acids is 1. The molecule has 0 aliphatic carbocycles. The summed E-state index contributed by atoms with van der Waals surface area (Å²) in [4.78, 5) is 13.3. The number of urea groups is 1. The number of aliphatic hydroxyl groups is 1. The molecule has 0 radical (unpaired) electrons. The Kier molecular flexibility index (Phi) is 2.59. The van der Waals surface area contributed by atoms with Crippen molar-refractivity contribution in [1.82, 2.24) is 4.90 Å². The van der Waals surface area contributed by atoms with Crippen molar-refractivity contribution in [1.29, 1.82) is 0 Å². The van der Waals surface area contributed by atoms with Crippen molar-refractivity contribution in [2.75, 3.05) is 18.4 Å². The molecule has 0 aromatic heterocycles.